The highest BCUT2D eigenvalue weighted by Crippen LogP contribution is 2.78. The molecule has 0 aromatic heterocycles. The molecule has 22 atom stereocenters. The maximum Gasteiger partial charge on any atom is 0.198 e. The van der Waals surface area contributed by atoms with Crippen molar-refractivity contribution in [3.05, 3.63) is 11.6 Å². The summed E-state index contributed by atoms with van der Waals surface area (Å²) in [6.07, 6.45) is -8.84. The van der Waals surface area contributed by atoms with E-state index in [-0.39, 0.29) is 41.3 Å². The molecule has 0 aromatic rings. The van der Waals surface area contributed by atoms with E-state index in [1.54, 1.807) is 6.92 Å². The standard InChI is InChI=1S/C42H70O14/c1-19(2)10-13-26-41(9,50)33-21-11-12-24-38(6)16-15-25(37(4,5)23(38)14-17-39(24,7)40(21,8)36(49)42(33,51)56-26)55-35-32(48)30(46)28(44)22(54-35)18-52-34-31(47)29(45)27(43)20(3)53-34/h10,20-36,43-51H,11-18H2,1-9H3/t20-,21+,22+,23+,24+,25-,26-,27-,28+,29+,30-,31+,32+,33-,34+,35-,36+,38-,39+,40-,41-,42+/m0/s1. The Hall–Kier alpha value is -0.820. The van der Waals surface area contributed by atoms with Crippen molar-refractivity contribution in [1.29, 1.82) is 0 Å². The van der Waals surface area contributed by atoms with Crippen LogP contribution >= 0.6 is 0 Å². The number of rotatable bonds is 7. The van der Waals surface area contributed by atoms with Crippen molar-refractivity contribution >= 4 is 0 Å². The monoisotopic (exact) mass is 798 g/mol. The van der Waals surface area contributed by atoms with Crippen molar-refractivity contribution in [2.45, 2.75) is 198 Å². The van der Waals surface area contributed by atoms with Crippen LogP contribution in [0.4, 0.5) is 0 Å². The molecule has 322 valence electrons. The van der Waals surface area contributed by atoms with Crippen LogP contribution in [0.5, 0.6) is 0 Å². The van der Waals surface area contributed by atoms with E-state index in [4.69, 9.17) is 23.7 Å². The highest BCUT2D eigenvalue weighted by Gasteiger charge is 2.81. The number of aliphatic hydroxyl groups excluding tert-OH is 7. The molecule has 0 spiro atoms. The predicted molar refractivity (Wildman–Crippen MR) is 200 cm³/mol. The second kappa shape index (κ2) is 14.4. The van der Waals surface area contributed by atoms with Crippen molar-refractivity contribution in [3.8, 4) is 0 Å². The maximum atomic E-state index is 12.4. The molecule has 3 heterocycles. The zero-order chi connectivity index (χ0) is 41.3. The Morgan fingerprint density at radius 1 is 0.732 bits per heavy atom. The molecule has 7 rings (SSSR count). The second-order valence-corrected chi connectivity index (χ2v) is 20.5. The van der Waals surface area contributed by atoms with Gasteiger partial charge in [0.05, 0.1) is 36.4 Å². The zero-order valence-corrected chi connectivity index (χ0v) is 34.6. The van der Waals surface area contributed by atoms with Gasteiger partial charge in [-0.05, 0) is 107 Å². The third kappa shape index (κ3) is 6.09. The first-order valence-electron chi connectivity index (χ1n) is 21.0. The van der Waals surface area contributed by atoms with Crippen LogP contribution in [0.15, 0.2) is 11.6 Å². The average Bonchev–Trinajstić information content (AvgIpc) is 3.44. The van der Waals surface area contributed by atoms with E-state index in [0.717, 1.165) is 37.7 Å². The lowest BCUT2D eigenvalue weighted by molar-refractivity contribution is -0.345. The van der Waals surface area contributed by atoms with Crippen LogP contribution in [-0.2, 0) is 23.7 Å². The summed E-state index contributed by atoms with van der Waals surface area (Å²) >= 11 is 0. The lowest BCUT2D eigenvalue weighted by Crippen LogP contribution is -2.67. The number of allylic oxidation sites excluding steroid dienone is 1. The number of fused-ring (bicyclic) bond motifs is 7. The summed E-state index contributed by atoms with van der Waals surface area (Å²) in [5.41, 5.74) is -1.94. The highest BCUT2D eigenvalue weighted by molar-refractivity contribution is 5.27. The van der Waals surface area contributed by atoms with Gasteiger partial charge < -0.3 is 69.6 Å². The summed E-state index contributed by atoms with van der Waals surface area (Å²) in [6.45, 7) is 18.0. The van der Waals surface area contributed by atoms with Gasteiger partial charge in [0, 0.05) is 5.41 Å². The first kappa shape index (κ1) is 43.3. The predicted octanol–water partition coefficient (Wildman–Crippen LogP) is 1.48. The minimum Gasteiger partial charge on any atom is -0.388 e. The molecule has 7 aliphatic rings. The van der Waals surface area contributed by atoms with E-state index in [2.05, 4.69) is 34.6 Å². The van der Waals surface area contributed by atoms with E-state index in [0.29, 0.717) is 12.8 Å². The molecule has 4 saturated carbocycles. The molecular weight excluding hydrogens is 728 g/mol. The maximum absolute atomic E-state index is 12.4. The van der Waals surface area contributed by atoms with Gasteiger partial charge in [-0.3, -0.25) is 0 Å². The zero-order valence-electron chi connectivity index (χ0n) is 34.6. The molecule has 0 amide bonds. The Kier molecular flexibility index (Phi) is 11.1. The van der Waals surface area contributed by atoms with Gasteiger partial charge >= 0.3 is 0 Å². The van der Waals surface area contributed by atoms with Crippen molar-refractivity contribution in [2.75, 3.05) is 6.61 Å². The lowest BCUT2D eigenvalue weighted by atomic mass is 9.35. The molecule has 14 nitrogen and oxygen atoms in total. The van der Waals surface area contributed by atoms with Gasteiger partial charge in [-0.1, -0.05) is 46.3 Å². The molecule has 0 bridgehead atoms. The van der Waals surface area contributed by atoms with Crippen molar-refractivity contribution in [1.82, 2.24) is 0 Å². The highest BCUT2D eigenvalue weighted by atomic mass is 16.7. The molecule has 7 fully saturated rings. The van der Waals surface area contributed by atoms with Gasteiger partial charge in [-0.25, -0.2) is 0 Å². The Labute approximate surface area is 331 Å². The average molecular weight is 799 g/mol. The largest absolute Gasteiger partial charge is 0.388 e. The fraction of sp³-hybridized carbons (Fsp3) is 0.952. The summed E-state index contributed by atoms with van der Waals surface area (Å²) in [7, 11) is 0. The molecular formula is C42H70O14. The van der Waals surface area contributed by atoms with Gasteiger partial charge in [0.1, 0.15) is 48.8 Å². The van der Waals surface area contributed by atoms with Crippen molar-refractivity contribution in [3.63, 3.8) is 0 Å². The topological polar surface area (TPSA) is 228 Å². The van der Waals surface area contributed by atoms with E-state index >= 15 is 0 Å². The van der Waals surface area contributed by atoms with Crippen molar-refractivity contribution < 1.29 is 69.6 Å². The van der Waals surface area contributed by atoms with Gasteiger partial charge in [0.2, 0.25) is 0 Å². The molecule has 3 aliphatic heterocycles. The molecule has 3 saturated heterocycles. The van der Waals surface area contributed by atoms with E-state index in [1.807, 2.05) is 19.9 Å². The van der Waals surface area contributed by atoms with Crippen LogP contribution in [0.1, 0.15) is 107 Å². The van der Waals surface area contributed by atoms with E-state index in [9.17, 15) is 46.0 Å². The van der Waals surface area contributed by atoms with Crippen LogP contribution in [-0.4, -0.2) is 144 Å². The summed E-state index contributed by atoms with van der Waals surface area (Å²) in [6, 6.07) is 0. The number of ether oxygens (including phenoxy) is 5. The van der Waals surface area contributed by atoms with Gasteiger partial charge in [0.15, 0.2) is 18.4 Å². The molecule has 0 aromatic carbocycles. The van der Waals surface area contributed by atoms with Crippen LogP contribution in [0.2, 0.25) is 0 Å². The third-order valence-corrected chi connectivity index (χ3v) is 17.1. The van der Waals surface area contributed by atoms with Gasteiger partial charge in [-0.15, -0.1) is 0 Å². The lowest BCUT2D eigenvalue weighted by Gasteiger charge is -2.70. The summed E-state index contributed by atoms with van der Waals surface area (Å²) in [5, 5.41) is 100. The molecule has 56 heavy (non-hydrogen) atoms. The van der Waals surface area contributed by atoms with Gasteiger partial charge in [0.25, 0.3) is 0 Å². The minimum atomic E-state index is -1.86. The summed E-state index contributed by atoms with van der Waals surface area (Å²) < 4.78 is 30.2. The van der Waals surface area contributed by atoms with Crippen LogP contribution in [0.3, 0.4) is 0 Å². The van der Waals surface area contributed by atoms with Gasteiger partial charge in [-0.2, -0.15) is 0 Å². The van der Waals surface area contributed by atoms with Crippen LogP contribution < -0.4 is 0 Å². The molecule has 14 heteroatoms. The van der Waals surface area contributed by atoms with Crippen molar-refractivity contribution in [2.24, 2.45) is 45.3 Å². The van der Waals surface area contributed by atoms with Crippen LogP contribution in [0.25, 0.3) is 0 Å². The fourth-order valence-electron chi connectivity index (χ4n) is 13.9. The first-order valence-corrected chi connectivity index (χ1v) is 21.0. The summed E-state index contributed by atoms with van der Waals surface area (Å²) in [5.74, 6) is -2.29. The molecule has 0 radical (unpaired) electrons. The Morgan fingerprint density at radius 3 is 2.04 bits per heavy atom. The fourth-order valence-corrected chi connectivity index (χ4v) is 13.9. The molecule has 4 aliphatic carbocycles. The van der Waals surface area contributed by atoms with E-state index in [1.165, 1.54) is 6.92 Å². The minimum absolute atomic E-state index is 0.153. The Morgan fingerprint density at radius 2 is 1.38 bits per heavy atom. The number of hydrogen-bond donors (Lipinski definition) is 9. The molecule has 0 unspecified atom stereocenters. The smallest absolute Gasteiger partial charge is 0.198 e. The van der Waals surface area contributed by atoms with E-state index < -0.39 is 102 Å². The molecule has 9 N–H and O–H groups in total. The first-order chi connectivity index (χ1) is 25.9. The number of aliphatic hydroxyl groups is 9. The van der Waals surface area contributed by atoms with Crippen LogP contribution in [0, 0.1) is 45.3 Å². The Bertz CT molecular complexity index is 1490. The SMILES string of the molecule is CC(C)=CC[C@@H]1O[C@]2(O)[C@@H]([C@H]3CC[C@@H]4[C@@]5(C)CC[C@H](O[C@@H]6O[C@H](CO[C@@H]7O[C@@H](C)[C@H](O)[C@@H](O)[C@H]7O)[C@@H](O)[C@H](O)[C@H]6O)C(C)(C)[C@H]5CC[C@@]4(C)[C@]3(C)[C@H]2O)[C@@]1(C)O. The third-order valence-electron chi connectivity index (χ3n) is 17.1. The Balaban J connectivity index is 1.07. The summed E-state index contributed by atoms with van der Waals surface area (Å²) in [4.78, 5) is 0. The quantitative estimate of drug-likeness (QED) is 0.131. The second-order valence-electron chi connectivity index (χ2n) is 20.5. The number of hydrogen-bond acceptors (Lipinski definition) is 14. The normalized spacial score (nSPS) is 57.8.